The highest BCUT2D eigenvalue weighted by molar-refractivity contribution is 5.67. The molecule has 5 rings (SSSR count). The first kappa shape index (κ1) is 31.6. The molecule has 1 aliphatic heterocycles. The fourth-order valence-corrected chi connectivity index (χ4v) is 4.62. The lowest BCUT2D eigenvalue weighted by molar-refractivity contribution is -0.659. The number of ether oxygens (including phenoxy) is 2. The van der Waals surface area contributed by atoms with E-state index in [0.717, 1.165) is 49.1 Å². The van der Waals surface area contributed by atoms with Crippen molar-refractivity contribution in [3.8, 4) is 11.5 Å². The van der Waals surface area contributed by atoms with Crippen LogP contribution in [0.25, 0.3) is 0 Å². The highest BCUT2D eigenvalue weighted by Crippen LogP contribution is 2.36. The highest BCUT2D eigenvalue weighted by Gasteiger charge is 2.23. The van der Waals surface area contributed by atoms with Crippen molar-refractivity contribution in [1.82, 2.24) is 19.6 Å². The highest BCUT2D eigenvalue weighted by atomic mass is 16.5. The summed E-state index contributed by atoms with van der Waals surface area (Å²) in [6.45, 7) is 3.29. The Hall–Kier alpha value is -4.88. The minimum Gasteiger partial charge on any atom is -0.495 e. The SMILES string of the molecule is COc1cc(N=Nc2n(C)nc[n+]2C)ccc1N1CCN(c2ccc(N=Nc3n(C)nc[n+]3C)cc2OC)CC1.[CH3-].[CH3-]. The second-order valence-corrected chi connectivity index (χ2v) is 9.42. The summed E-state index contributed by atoms with van der Waals surface area (Å²) in [4.78, 5) is 4.64. The molecule has 224 valence electrons. The standard InChI is InChI=1S/C26H34N12O2.2CH3/c1-33-17-27-35(3)25(33)31-29-19-7-9-21(23(15-19)39-5)37-11-13-38(14-12-37)22-10-8-20(16-24(22)40-6)30-32-26-34(2)18-28-36(26)4;;/h7-10,15-18H,11-14H2,1-6H3;2*1H3/q+2;2*-1. The van der Waals surface area contributed by atoms with Gasteiger partial charge in [-0.25, -0.2) is 9.13 Å². The smallest absolute Gasteiger partial charge is 0.403 e. The Kier molecular flexibility index (Phi) is 10.3. The van der Waals surface area contributed by atoms with Crippen LogP contribution in [-0.2, 0) is 28.2 Å². The van der Waals surface area contributed by atoms with Crippen LogP contribution in [0.4, 0.5) is 34.6 Å². The van der Waals surface area contributed by atoms with E-state index in [1.807, 2.05) is 73.7 Å². The van der Waals surface area contributed by atoms with Gasteiger partial charge in [-0.1, -0.05) is 10.2 Å². The summed E-state index contributed by atoms with van der Waals surface area (Å²) in [6.07, 6.45) is 3.38. The van der Waals surface area contributed by atoms with E-state index in [-0.39, 0.29) is 14.9 Å². The third-order valence-electron chi connectivity index (χ3n) is 6.80. The monoisotopic (exact) mass is 576 g/mol. The van der Waals surface area contributed by atoms with Crippen molar-refractivity contribution in [2.24, 2.45) is 48.6 Å². The van der Waals surface area contributed by atoms with Crippen LogP contribution in [0.5, 0.6) is 11.5 Å². The Bertz CT molecular complexity index is 1400. The number of methoxy groups -OCH3 is 2. The van der Waals surface area contributed by atoms with Crippen LogP contribution in [0.15, 0.2) is 69.5 Å². The number of azo groups is 2. The van der Waals surface area contributed by atoms with Crippen LogP contribution < -0.4 is 28.4 Å². The first-order valence-electron chi connectivity index (χ1n) is 12.8. The molecule has 0 N–H and O–H groups in total. The van der Waals surface area contributed by atoms with Gasteiger partial charge in [0.15, 0.2) is 0 Å². The molecule has 4 aromatic rings. The van der Waals surface area contributed by atoms with Crippen LogP contribution >= 0.6 is 0 Å². The fraction of sp³-hybridized carbons (Fsp3) is 0.357. The molecule has 1 fully saturated rings. The van der Waals surface area contributed by atoms with Crippen molar-refractivity contribution in [1.29, 1.82) is 0 Å². The van der Waals surface area contributed by atoms with Gasteiger partial charge in [-0.15, -0.1) is 9.36 Å². The van der Waals surface area contributed by atoms with Crippen molar-refractivity contribution in [2.75, 3.05) is 50.2 Å². The summed E-state index contributed by atoms with van der Waals surface area (Å²) >= 11 is 0. The van der Waals surface area contributed by atoms with E-state index < -0.39 is 0 Å². The van der Waals surface area contributed by atoms with Gasteiger partial charge in [-0.2, -0.15) is 0 Å². The molecule has 0 atom stereocenters. The van der Waals surface area contributed by atoms with E-state index in [1.54, 1.807) is 36.2 Å². The molecule has 0 bridgehead atoms. The third kappa shape index (κ3) is 6.53. The van der Waals surface area contributed by atoms with Gasteiger partial charge in [-0.3, -0.25) is 0 Å². The van der Waals surface area contributed by atoms with Gasteiger partial charge in [0.1, 0.15) is 22.9 Å². The predicted octanol–water partition coefficient (Wildman–Crippen LogP) is 3.88. The Balaban J connectivity index is 0.00000242. The maximum Gasteiger partial charge on any atom is 0.403 e. The Labute approximate surface area is 247 Å². The summed E-state index contributed by atoms with van der Waals surface area (Å²) in [7, 11) is 10.8. The van der Waals surface area contributed by atoms with Crippen molar-refractivity contribution in [3.05, 3.63) is 63.9 Å². The topological polar surface area (TPSA) is 118 Å². The van der Waals surface area contributed by atoms with Gasteiger partial charge in [0, 0.05) is 48.5 Å². The quantitative estimate of drug-likeness (QED) is 0.179. The number of hydrogen-bond donors (Lipinski definition) is 0. The average Bonchev–Trinajstić information content (AvgIpc) is 3.48. The van der Waals surface area contributed by atoms with Crippen LogP contribution in [0.1, 0.15) is 0 Å². The zero-order valence-electron chi connectivity index (χ0n) is 25.6. The molecular weight excluding hydrogens is 536 g/mol. The molecule has 42 heavy (non-hydrogen) atoms. The van der Waals surface area contributed by atoms with Gasteiger partial charge in [-0.05, 0) is 34.5 Å². The van der Waals surface area contributed by atoms with Crippen LogP contribution in [0.2, 0.25) is 0 Å². The molecule has 14 heteroatoms. The zero-order chi connectivity index (χ0) is 28.2. The van der Waals surface area contributed by atoms with Gasteiger partial charge < -0.3 is 34.1 Å². The zero-order valence-corrected chi connectivity index (χ0v) is 25.6. The minimum atomic E-state index is 0. The maximum atomic E-state index is 5.72. The summed E-state index contributed by atoms with van der Waals surface area (Å²) in [5.74, 6) is 2.81. The second kappa shape index (κ2) is 13.7. The third-order valence-corrected chi connectivity index (χ3v) is 6.80. The number of benzene rings is 2. The molecule has 0 spiro atoms. The molecule has 0 aliphatic carbocycles. The Morgan fingerprint density at radius 1 is 0.643 bits per heavy atom. The summed E-state index contributed by atoms with van der Waals surface area (Å²) in [5.41, 5.74) is 3.47. The number of aryl methyl sites for hydroxylation is 4. The van der Waals surface area contributed by atoms with E-state index in [2.05, 4.69) is 40.5 Å². The number of piperazine rings is 1. The van der Waals surface area contributed by atoms with E-state index in [0.29, 0.717) is 23.3 Å². The normalized spacial score (nSPS) is 13.4. The molecule has 2 aromatic heterocycles. The molecule has 0 radical (unpaired) electrons. The predicted molar refractivity (Wildman–Crippen MR) is 160 cm³/mol. The van der Waals surface area contributed by atoms with E-state index in [4.69, 9.17) is 9.47 Å². The number of hydrogen-bond acceptors (Lipinski definition) is 10. The van der Waals surface area contributed by atoms with Crippen LogP contribution in [0, 0.1) is 14.9 Å². The molecular formula is C28H40N12O2. The molecule has 1 saturated heterocycles. The van der Waals surface area contributed by atoms with Crippen LogP contribution in [-0.4, -0.2) is 60.0 Å². The minimum absolute atomic E-state index is 0. The van der Waals surface area contributed by atoms with Crippen molar-refractivity contribution in [2.45, 2.75) is 0 Å². The molecule has 0 amide bonds. The van der Waals surface area contributed by atoms with Crippen molar-refractivity contribution in [3.63, 3.8) is 0 Å². The van der Waals surface area contributed by atoms with Crippen molar-refractivity contribution < 1.29 is 18.6 Å². The first-order valence-corrected chi connectivity index (χ1v) is 12.8. The van der Waals surface area contributed by atoms with E-state index in [9.17, 15) is 0 Å². The Morgan fingerprint density at radius 3 is 1.33 bits per heavy atom. The first-order chi connectivity index (χ1) is 19.4. The molecule has 1 aliphatic rings. The number of nitrogens with zero attached hydrogens (tertiary/aromatic N) is 12. The number of aromatic nitrogens is 6. The van der Waals surface area contributed by atoms with E-state index in [1.165, 1.54) is 0 Å². The molecule has 0 saturated carbocycles. The lowest BCUT2D eigenvalue weighted by Crippen LogP contribution is -2.46. The van der Waals surface area contributed by atoms with Gasteiger partial charge >= 0.3 is 11.9 Å². The number of anilines is 2. The summed E-state index contributed by atoms with van der Waals surface area (Å²) in [6, 6.07) is 11.8. The molecule has 3 heterocycles. The molecule has 0 unspecified atom stereocenters. The molecule has 14 nitrogen and oxygen atoms in total. The Morgan fingerprint density at radius 2 is 1.02 bits per heavy atom. The summed E-state index contributed by atoms with van der Waals surface area (Å²) in [5, 5.41) is 25.8. The van der Waals surface area contributed by atoms with Crippen LogP contribution in [0.3, 0.4) is 0 Å². The lowest BCUT2D eigenvalue weighted by atomic mass is 10.2. The van der Waals surface area contributed by atoms with Gasteiger partial charge in [0.25, 0.3) is 0 Å². The fourth-order valence-electron chi connectivity index (χ4n) is 4.62. The lowest BCUT2D eigenvalue weighted by Gasteiger charge is -2.38. The average molecular weight is 577 g/mol. The molecule has 2 aromatic carbocycles. The second-order valence-electron chi connectivity index (χ2n) is 9.42. The largest absolute Gasteiger partial charge is 0.495 e. The maximum absolute atomic E-state index is 5.72. The van der Waals surface area contributed by atoms with Gasteiger partial charge in [0.05, 0.1) is 53.8 Å². The number of rotatable bonds is 8. The van der Waals surface area contributed by atoms with Crippen molar-refractivity contribution >= 4 is 34.6 Å². The van der Waals surface area contributed by atoms with E-state index >= 15 is 0 Å². The van der Waals surface area contributed by atoms with Gasteiger partial charge in [0.2, 0.25) is 12.7 Å². The summed E-state index contributed by atoms with van der Waals surface area (Å²) < 4.78 is 18.4.